The van der Waals surface area contributed by atoms with Crippen LogP contribution in [0.25, 0.3) is 5.70 Å². The molecule has 2 aliphatic carbocycles. The number of hydrogen-bond donors (Lipinski definition) is 3. The number of likely N-dealkylation sites (tertiary alicyclic amines) is 1. The molecule has 1 amide bonds. The fraction of sp³-hybridized carbons (Fsp3) is 0.441. The lowest BCUT2D eigenvalue weighted by molar-refractivity contribution is 0.0827. The fourth-order valence-electron chi connectivity index (χ4n) is 7.00. The number of aryl methyl sites for hydroxylation is 2. The number of carbonyl (C=O) groups is 1. The lowest BCUT2D eigenvalue weighted by Gasteiger charge is -2.36. The predicted octanol–water partition coefficient (Wildman–Crippen LogP) is 3.72. The van der Waals surface area contributed by atoms with Crippen molar-refractivity contribution in [2.75, 3.05) is 41.3 Å². The Balaban J connectivity index is 1.49. The number of nitrogens with one attached hydrogen (secondary N) is 2. The van der Waals surface area contributed by atoms with Crippen molar-refractivity contribution < 1.29 is 4.79 Å². The summed E-state index contributed by atoms with van der Waals surface area (Å²) in [7, 11) is 7.48. The number of rotatable bonds is 10. The highest BCUT2D eigenvalue weighted by Crippen LogP contribution is 2.49. The average molecular weight is 566 g/mol. The van der Waals surface area contributed by atoms with Gasteiger partial charge in [-0.15, -0.1) is 0 Å². The van der Waals surface area contributed by atoms with E-state index >= 15 is 0 Å². The van der Waals surface area contributed by atoms with Crippen LogP contribution in [0.1, 0.15) is 57.4 Å². The van der Waals surface area contributed by atoms with E-state index in [1.54, 1.807) is 19.0 Å². The summed E-state index contributed by atoms with van der Waals surface area (Å²) in [6, 6.07) is 15.0. The molecule has 0 aromatic heterocycles. The normalized spacial score (nSPS) is 23.5. The van der Waals surface area contributed by atoms with Gasteiger partial charge in [0.05, 0.1) is 11.5 Å². The number of nitrogens with zero attached hydrogens (tertiary/aromatic N) is 4. The van der Waals surface area contributed by atoms with Crippen LogP contribution < -0.4 is 11.1 Å². The van der Waals surface area contributed by atoms with E-state index in [-0.39, 0.29) is 17.8 Å². The van der Waals surface area contributed by atoms with Gasteiger partial charge in [0, 0.05) is 57.7 Å². The van der Waals surface area contributed by atoms with Gasteiger partial charge >= 0.3 is 0 Å². The highest BCUT2D eigenvalue weighted by Gasteiger charge is 2.52. The van der Waals surface area contributed by atoms with Crippen molar-refractivity contribution in [2.24, 2.45) is 11.7 Å². The molecule has 0 bridgehead atoms. The molecule has 4 N–H and O–H groups in total. The van der Waals surface area contributed by atoms with Crippen LogP contribution in [0.2, 0.25) is 0 Å². The molecule has 1 saturated carbocycles. The van der Waals surface area contributed by atoms with Crippen LogP contribution in [0, 0.1) is 22.7 Å². The zero-order valence-corrected chi connectivity index (χ0v) is 25.3. The Kier molecular flexibility index (Phi) is 7.91. The zero-order valence-electron chi connectivity index (χ0n) is 25.3. The third kappa shape index (κ3) is 5.07. The molecule has 2 aromatic carbocycles. The van der Waals surface area contributed by atoms with Crippen molar-refractivity contribution in [3.05, 3.63) is 88.6 Å². The first kappa shape index (κ1) is 29.4. The minimum Gasteiger partial charge on any atom is -0.387 e. The number of piperidine rings is 1. The summed E-state index contributed by atoms with van der Waals surface area (Å²) in [6.45, 7) is 9.75. The molecule has 42 heavy (non-hydrogen) atoms. The van der Waals surface area contributed by atoms with Crippen LogP contribution in [-0.4, -0.2) is 79.8 Å². The van der Waals surface area contributed by atoms with E-state index in [2.05, 4.69) is 47.6 Å². The Labute approximate surface area is 250 Å². The second-order valence-electron chi connectivity index (χ2n) is 12.4. The Bertz CT molecular complexity index is 1410. The van der Waals surface area contributed by atoms with Crippen molar-refractivity contribution in [2.45, 2.75) is 49.6 Å². The highest BCUT2D eigenvalue weighted by molar-refractivity contribution is 5.97. The Morgan fingerprint density at radius 3 is 2.26 bits per heavy atom. The molecule has 2 fully saturated rings. The van der Waals surface area contributed by atoms with Crippen molar-refractivity contribution in [1.29, 1.82) is 10.7 Å². The van der Waals surface area contributed by atoms with Crippen molar-refractivity contribution in [1.82, 2.24) is 20.0 Å². The van der Waals surface area contributed by atoms with Gasteiger partial charge in [-0.25, -0.2) is 0 Å². The molecule has 2 aromatic rings. The van der Waals surface area contributed by atoms with Crippen molar-refractivity contribution in [3.8, 4) is 6.07 Å². The minimum absolute atomic E-state index is 0.0479. The third-order valence-electron chi connectivity index (χ3n) is 9.40. The summed E-state index contributed by atoms with van der Waals surface area (Å²) in [6.07, 6.45) is 4.16. The Morgan fingerprint density at radius 1 is 1.07 bits per heavy atom. The largest absolute Gasteiger partial charge is 0.387 e. The molecule has 1 saturated heterocycles. The quantitative estimate of drug-likeness (QED) is 0.230. The molecule has 8 nitrogen and oxygen atoms in total. The summed E-state index contributed by atoms with van der Waals surface area (Å²) < 4.78 is 0. The molecular weight excluding hydrogens is 522 g/mol. The Morgan fingerprint density at radius 2 is 1.69 bits per heavy atom. The summed E-state index contributed by atoms with van der Waals surface area (Å²) in [5.41, 5.74) is 13.5. The highest BCUT2D eigenvalue weighted by atomic mass is 16.2. The fourth-order valence-corrected chi connectivity index (χ4v) is 7.00. The maximum Gasteiger partial charge on any atom is 0.253 e. The summed E-state index contributed by atoms with van der Waals surface area (Å²) in [5, 5.41) is 22.2. The topological polar surface area (TPSA) is 112 Å². The summed E-state index contributed by atoms with van der Waals surface area (Å²) in [5.74, 6) is 0.667. The standard InChI is InChI=1S/C34H43N7O/c1-21(41-28(19-35)17-27-18-31(27)41)20-38-14-13-34(33(36)37)29-11-9-23(22(2)39(3)4)15-24(29)7-8-25-16-26(10-12-30(25)34)32(42)40(5)6/h9-12,15-16,27-28,31,38H,1-2,7-8,13-14,17-18,20H2,3-6H3,(H3,36,37)/t27-,28?,31+,34?/m1/s1. The van der Waals surface area contributed by atoms with E-state index < -0.39 is 5.41 Å². The maximum absolute atomic E-state index is 12.9. The van der Waals surface area contributed by atoms with Gasteiger partial charge in [-0.1, -0.05) is 31.4 Å². The van der Waals surface area contributed by atoms with Gasteiger partial charge in [0.2, 0.25) is 0 Å². The van der Waals surface area contributed by atoms with Gasteiger partial charge in [0.1, 0.15) is 11.9 Å². The lowest BCUT2D eigenvalue weighted by atomic mass is 9.69. The van der Waals surface area contributed by atoms with E-state index in [0.29, 0.717) is 37.0 Å². The number of nitrogens with two attached hydrogens (primary N) is 1. The lowest BCUT2D eigenvalue weighted by Crippen LogP contribution is -2.45. The van der Waals surface area contributed by atoms with Crippen LogP contribution in [0.15, 0.2) is 55.3 Å². The monoisotopic (exact) mass is 565 g/mol. The molecule has 2 unspecified atom stereocenters. The summed E-state index contributed by atoms with van der Waals surface area (Å²) >= 11 is 0. The first-order chi connectivity index (χ1) is 20.0. The van der Waals surface area contributed by atoms with Gasteiger partial charge in [-0.2, -0.15) is 5.26 Å². The summed E-state index contributed by atoms with van der Waals surface area (Å²) in [4.78, 5) is 18.7. The van der Waals surface area contributed by atoms with E-state index in [9.17, 15) is 10.1 Å². The number of amidine groups is 1. The number of fused-ring (bicyclic) bond motifs is 3. The zero-order chi connectivity index (χ0) is 30.3. The molecular formula is C34H43N7O. The number of carbonyl (C=O) groups excluding carboxylic acids is 1. The maximum atomic E-state index is 12.9. The van der Waals surface area contributed by atoms with E-state index in [4.69, 9.17) is 11.1 Å². The van der Waals surface area contributed by atoms with E-state index in [0.717, 1.165) is 64.9 Å². The van der Waals surface area contributed by atoms with Crippen molar-refractivity contribution >= 4 is 17.4 Å². The number of hydrogen-bond acceptors (Lipinski definition) is 6. The molecule has 3 aliphatic rings. The van der Waals surface area contributed by atoms with Crippen LogP contribution in [0.3, 0.4) is 0 Å². The molecule has 1 aliphatic heterocycles. The molecule has 8 heteroatoms. The van der Waals surface area contributed by atoms with Gasteiger partial charge in [0.15, 0.2) is 0 Å². The van der Waals surface area contributed by atoms with E-state index in [1.165, 1.54) is 0 Å². The smallest absolute Gasteiger partial charge is 0.253 e. The number of amides is 1. The molecule has 4 atom stereocenters. The van der Waals surface area contributed by atoms with Gasteiger partial charge in [-0.05, 0) is 90.6 Å². The van der Waals surface area contributed by atoms with Crippen LogP contribution in [0.4, 0.5) is 0 Å². The first-order valence-electron chi connectivity index (χ1n) is 14.8. The predicted molar refractivity (Wildman–Crippen MR) is 168 cm³/mol. The molecule has 0 radical (unpaired) electrons. The van der Waals surface area contributed by atoms with Crippen molar-refractivity contribution in [3.63, 3.8) is 0 Å². The number of benzene rings is 2. The van der Waals surface area contributed by atoms with Gasteiger partial charge < -0.3 is 25.8 Å². The van der Waals surface area contributed by atoms with Crippen LogP contribution in [0.5, 0.6) is 0 Å². The second-order valence-corrected chi connectivity index (χ2v) is 12.4. The SMILES string of the molecule is C=C(c1ccc2c(c1)CCc1cc(C(=O)N(C)C)ccc1C2(CCNCC(=C)N1C(C#N)C[C@@H]2C[C@@H]21)C(=N)N)N(C)C. The number of nitriles is 1. The molecule has 0 spiro atoms. The first-order valence-corrected chi connectivity index (χ1v) is 14.8. The average Bonchev–Trinajstić information content (AvgIpc) is 3.66. The van der Waals surface area contributed by atoms with Gasteiger partial charge in [-0.3, -0.25) is 10.2 Å². The third-order valence-corrected chi connectivity index (χ3v) is 9.40. The molecule has 1 heterocycles. The minimum atomic E-state index is -0.863. The van der Waals surface area contributed by atoms with Crippen LogP contribution >= 0.6 is 0 Å². The Hall–Kier alpha value is -4.09. The van der Waals surface area contributed by atoms with E-state index in [1.807, 2.05) is 37.2 Å². The van der Waals surface area contributed by atoms with Gasteiger partial charge in [0.25, 0.3) is 5.91 Å². The molecule has 5 rings (SSSR count). The van der Waals surface area contributed by atoms with Crippen LogP contribution in [-0.2, 0) is 18.3 Å². The molecule has 220 valence electrons. The second kappa shape index (κ2) is 11.3.